The first-order valence-corrected chi connectivity index (χ1v) is 5.87. The SMILES string of the molecule is N#CCCc1c(-c2ccoc2)n[nH]c1C1CC1. The molecule has 0 radical (unpaired) electrons. The third-order valence-electron chi connectivity index (χ3n) is 3.17. The van der Waals surface area contributed by atoms with Crippen LogP contribution in [-0.2, 0) is 6.42 Å². The summed E-state index contributed by atoms with van der Waals surface area (Å²) in [5.74, 6) is 0.622. The number of hydrogen-bond donors (Lipinski definition) is 1. The van der Waals surface area contributed by atoms with Gasteiger partial charge in [0.05, 0.1) is 24.3 Å². The van der Waals surface area contributed by atoms with Gasteiger partial charge in [0.25, 0.3) is 0 Å². The molecule has 1 aliphatic rings. The van der Waals surface area contributed by atoms with E-state index in [2.05, 4.69) is 16.3 Å². The second-order valence-electron chi connectivity index (χ2n) is 4.41. The topological polar surface area (TPSA) is 65.6 Å². The zero-order valence-corrected chi connectivity index (χ0v) is 9.44. The molecular formula is C13H13N3O. The maximum Gasteiger partial charge on any atom is 0.0997 e. The number of H-pyrrole nitrogens is 1. The fraction of sp³-hybridized carbons (Fsp3) is 0.385. The first-order valence-electron chi connectivity index (χ1n) is 5.87. The summed E-state index contributed by atoms with van der Waals surface area (Å²) in [5, 5.41) is 16.2. The fourth-order valence-corrected chi connectivity index (χ4v) is 2.16. The molecule has 4 nitrogen and oxygen atoms in total. The average molecular weight is 227 g/mol. The Morgan fingerprint density at radius 1 is 1.53 bits per heavy atom. The van der Waals surface area contributed by atoms with Gasteiger partial charge >= 0.3 is 0 Å². The molecule has 0 aliphatic heterocycles. The first-order chi connectivity index (χ1) is 8.40. The van der Waals surface area contributed by atoms with Crippen LogP contribution in [0.5, 0.6) is 0 Å². The van der Waals surface area contributed by atoms with Gasteiger partial charge in [-0.25, -0.2) is 0 Å². The minimum Gasteiger partial charge on any atom is -0.472 e. The summed E-state index contributed by atoms with van der Waals surface area (Å²) < 4.78 is 5.09. The van der Waals surface area contributed by atoms with Gasteiger partial charge in [0.1, 0.15) is 0 Å². The lowest BCUT2D eigenvalue weighted by Gasteiger charge is -2.01. The Hall–Kier alpha value is -2.02. The van der Waals surface area contributed by atoms with Crippen LogP contribution < -0.4 is 0 Å². The third-order valence-corrected chi connectivity index (χ3v) is 3.17. The van der Waals surface area contributed by atoms with Crippen molar-refractivity contribution in [1.82, 2.24) is 10.2 Å². The van der Waals surface area contributed by atoms with E-state index >= 15 is 0 Å². The highest BCUT2D eigenvalue weighted by molar-refractivity contribution is 5.63. The molecule has 4 heteroatoms. The van der Waals surface area contributed by atoms with Gasteiger partial charge < -0.3 is 4.42 Å². The van der Waals surface area contributed by atoms with Crippen LogP contribution in [0.2, 0.25) is 0 Å². The number of nitriles is 1. The smallest absolute Gasteiger partial charge is 0.0997 e. The highest BCUT2D eigenvalue weighted by Gasteiger charge is 2.29. The van der Waals surface area contributed by atoms with E-state index in [1.807, 2.05) is 6.07 Å². The monoisotopic (exact) mass is 227 g/mol. The summed E-state index contributed by atoms with van der Waals surface area (Å²) in [7, 11) is 0. The molecule has 1 fully saturated rings. The molecule has 0 atom stereocenters. The standard InChI is InChI=1S/C13H13N3O/c14-6-1-2-11-12(9-3-4-9)15-16-13(11)10-5-7-17-8-10/h5,7-9H,1-4H2,(H,15,16). The molecule has 2 aromatic heterocycles. The van der Waals surface area contributed by atoms with Crippen molar-refractivity contribution in [1.29, 1.82) is 5.26 Å². The van der Waals surface area contributed by atoms with E-state index in [0.717, 1.165) is 17.7 Å². The van der Waals surface area contributed by atoms with E-state index in [9.17, 15) is 0 Å². The second kappa shape index (κ2) is 4.10. The molecule has 17 heavy (non-hydrogen) atoms. The third kappa shape index (κ3) is 1.84. The molecule has 2 heterocycles. The number of hydrogen-bond acceptors (Lipinski definition) is 3. The minimum atomic E-state index is 0.532. The summed E-state index contributed by atoms with van der Waals surface area (Å²) in [4.78, 5) is 0. The lowest BCUT2D eigenvalue weighted by atomic mass is 10.0. The van der Waals surface area contributed by atoms with Crippen molar-refractivity contribution in [3.8, 4) is 17.3 Å². The van der Waals surface area contributed by atoms with Gasteiger partial charge in [-0.1, -0.05) is 0 Å². The predicted octanol–water partition coefficient (Wildman–Crippen LogP) is 3.00. The number of aromatic amines is 1. The van der Waals surface area contributed by atoms with E-state index in [-0.39, 0.29) is 0 Å². The van der Waals surface area contributed by atoms with Crippen LogP contribution in [0.4, 0.5) is 0 Å². The van der Waals surface area contributed by atoms with Crippen LogP contribution in [0.25, 0.3) is 11.3 Å². The van der Waals surface area contributed by atoms with Gasteiger partial charge in [-0.3, -0.25) is 5.10 Å². The number of nitrogens with zero attached hydrogens (tertiary/aromatic N) is 2. The van der Waals surface area contributed by atoms with E-state index in [0.29, 0.717) is 12.3 Å². The minimum absolute atomic E-state index is 0.532. The van der Waals surface area contributed by atoms with Crippen molar-refractivity contribution in [3.63, 3.8) is 0 Å². The molecule has 0 saturated heterocycles. The van der Waals surface area contributed by atoms with Gasteiger partial charge in [0, 0.05) is 29.2 Å². The van der Waals surface area contributed by atoms with Crippen LogP contribution in [0.3, 0.4) is 0 Å². The van der Waals surface area contributed by atoms with Gasteiger partial charge in [-0.2, -0.15) is 10.4 Å². The van der Waals surface area contributed by atoms with Crippen LogP contribution in [0.15, 0.2) is 23.0 Å². The highest BCUT2D eigenvalue weighted by atomic mass is 16.3. The molecule has 0 spiro atoms. The zero-order chi connectivity index (χ0) is 11.7. The van der Waals surface area contributed by atoms with Crippen LogP contribution >= 0.6 is 0 Å². The molecule has 0 bridgehead atoms. The quantitative estimate of drug-likeness (QED) is 0.873. The van der Waals surface area contributed by atoms with Gasteiger partial charge in [0.2, 0.25) is 0 Å². The molecule has 0 unspecified atom stereocenters. The summed E-state index contributed by atoms with van der Waals surface area (Å²) in [5.41, 5.74) is 4.34. The van der Waals surface area contributed by atoms with E-state index in [1.54, 1.807) is 12.5 Å². The number of furan rings is 1. The highest BCUT2D eigenvalue weighted by Crippen LogP contribution is 2.42. The molecule has 0 aromatic carbocycles. The van der Waals surface area contributed by atoms with E-state index < -0.39 is 0 Å². The molecule has 1 saturated carbocycles. The molecule has 1 N–H and O–H groups in total. The molecule has 1 aliphatic carbocycles. The van der Waals surface area contributed by atoms with Gasteiger partial charge in [-0.05, 0) is 25.3 Å². The molecule has 0 amide bonds. The Balaban J connectivity index is 2.00. The molecule has 2 aromatic rings. The average Bonchev–Trinajstić information content (AvgIpc) is 2.91. The predicted molar refractivity (Wildman–Crippen MR) is 62.2 cm³/mol. The molecule has 3 rings (SSSR count). The van der Waals surface area contributed by atoms with Gasteiger partial charge in [-0.15, -0.1) is 0 Å². The van der Waals surface area contributed by atoms with Crippen molar-refractivity contribution < 1.29 is 4.42 Å². The zero-order valence-electron chi connectivity index (χ0n) is 9.44. The number of nitrogens with one attached hydrogen (secondary N) is 1. The maximum absolute atomic E-state index is 8.73. The molecular weight excluding hydrogens is 214 g/mol. The lowest BCUT2D eigenvalue weighted by molar-refractivity contribution is 0.568. The largest absolute Gasteiger partial charge is 0.472 e. The Bertz CT molecular complexity index is 544. The van der Waals surface area contributed by atoms with Crippen LogP contribution in [0.1, 0.15) is 36.4 Å². The van der Waals surface area contributed by atoms with Crippen molar-refractivity contribution in [2.24, 2.45) is 0 Å². The summed E-state index contributed by atoms with van der Waals surface area (Å²) in [6.07, 6.45) is 7.10. The summed E-state index contributed by atoms with van der Waals surface area (Å²) in [6.45, 7) is 0. The number of aromatic nitrogens is 2. The summed E-state index contributed by atoms with van der Waals surface area (Å²) in [6, 6.07) is 4.11. The second-order valence-corrected chi connectivity index (χ2v) is 4.41. The fourth-order valence-electron chi connectivity index (χ4n) is 2.16. The van der Waals surface area contributed by atoms with E-state index in [1.165, 1.54) is 24.1 Å². The van der Waals surface area contributed by atoms with Gasteiger partial charge in [0.15, 0.2) is 0 Å². The van der Waals surface area contributed by atoms with Crippen molar-refractivity contribution in [3.05, 3.63) is 29.9 Å². The Kier molecular flexibility index (Phi) is 2.45. The van der Waals surface area contributed by atoms with Crippen LogP contribution in [0, 0.1) is 11.3 Å². The summed E-state index contributed by atoms with van der Waals surface area (Å²) >= 11 is 0. The van der Waals surface area contributed by atoms with Crippen molar-refractivity contribution in [2.45, 2.75) is 31.6 Å². The Morgan fingerprint density at radius 2 is 2.41 bits per heavy atom. The Labute approximate surface area is 99.3 Å². The van der Waals surface area contributed by atoms with Crippen molar-refractivity contribution in [2.75, 3.05) is 0 Å². The van der Waals surface area contributed by atoms with Crippen molar-refractivity contribution >= 4 is 0 Å². The first kappa shape index (κ1) is 10.2. The normalized spacial score (nSPS) is 14.8. The van der Waals surface area contributed by atoms with Crippen LogP contribution in [-0.4, -0.2) is 10.2 Å². The van der Waals surface area contributed by atoms with E-state index in [4.69, 9.17) is 9.68 Å². The molecule has 86 valence electrons. The lowest BCUT2D eigenvalue weighted by Crippen LogP contribution is -1.91. The maximum atomic E-state index is 8.73. The Morgan fingerprint density at radius 3 is 3.06 bits per heavy atom. The number of rotatable bonds is 4.